The fraction of sp³-hybridized carbons (Fsp3) is 0.278. The first-order valence-corrected chi connectivity index (χ1v) is 7.91. The highest BCUT2D eigenvalue weighted by Crippen LogP contribution is 2.33. The van der Waals surface area contributed by atoms with E-state index in [1.165, 1.54) is 12.0 Å². The van der Waals surface area contributed by atoms with E-state index in [1.807, 2.05) is 6.07 Å². The van der Waals surface area contributed by atoms with Crippen molar-refractivity contribution in [3.05, 3.63) is 48.2 Å². The molecule has 1 aromatic carbocycles. The molecule has 0 radical (unpaired) electrons. The van der Waals surface area contributed by atoms with Crippen LogP contribution in [0.1, 0.15) is 12.5 Å². The molecule has 0 bridgehead atoms. The number of rotatable bonds is 5. The highest BCUT2D eigenvalue weighted by molar-refractivity contribution is 6.03. The number of hydrogen-bond donors (Lipinski definition) is 1. The van der Waals surface area contributed by atoms with Gasteiger partial charge in [0, 0.05) is 18.8 Å². The smallest absolute Gasteiger partial charge is 0.268 e. The van der Waals surface area contributed by atoms with Crippen LogP contribution in [0.25, 0.3) is 0 Å². The van der Waals surface area contributed by atoms with Gasteiger partial charge in [0.1, 0.15) is 12.3 Å². The number of aromatic nitrogens is 1. The number of hydrogen-bond acceptors (Lipinski definition) is 5. The van der Waals surface area contributed by atoms with Gasteiger partial charge in [-0.1, -0.05) is 12.1 Å². The van der Waals surface area contributed by atoms with Gasteiger partial charge in [0.2, 0.25) is 11.8 Å². The lowest BCUT2D eigenvalue weighted by atomic mass is 10.2. The number of benzene rings is 1. The lowest BCUT2D eigenvalue weighted by molar-refractivity contribution is -0.128. The largest absolute Gasteiger partial charge is 0.481 e. The van der Waals surface area contributed by atoms with Crippen molar-refractivity contribution in [1.82, 2.24) is 10.3 Å². The van der Waals surface area contributed by atoms with Crippen LogP contribution in [0.4, 0.5) is 5.69 Å². The zero-order valence-electron chi connectivity index (χ0n) is 14.1. The van der Waals surface area contributed by atoms with E-state index in [9.17, 15) is 9.59 Å². The quantitative estimate of drug-likeness (QED) is 0.892. The maximum absolute atomic E-state index is 12.4. The van der Waals surface area contributed by atoms with E-state index in [-0.39, 0.29) is 18.4 Å². The first-order valence-electron chi connectivity index (χ1n) is 7.91. The van der Waals surface area contributed by atoms with Gasteiger partial charge in [-0.3, -0.25) is 14.5 Å². The maximum atomic E-state index is 12.4. The normalized spacial score (nSPS) is 16.0. The monoisotopic (exact) mass is 341 g/mol. The molecule has 7 heteroatoms. The van der Waals surface area contributed by atoms with E-state index in [0.717, 1.165) is 5.56 Å². The molecule has 0 spiro atoms. The molecule has 1 atom stereocenters. The van der Waals surface area contributed by atoms with Crippen molar-refractivity contribution in [2.45, 2.75) is 19.6 Å². The van der Waals surface area contributed by atoms with E-state index in [4.69, 9.17) is 9.47 Å². The van der Waals surface area contributed by atoms with Gasteiger partial charge in [0.25, 0.3) is 5.91 Å². The van der Waals surface area contributed by atoms with Gasteiger partial charge in [-0.25, -0.2) is 4.98 Å². The third kappa shape index (κ3) is 3.71. The number of carbonyl (C=O) groups is 2. The Labute approximate surface area is 145 Å². The van der Waals surface area contributed by atoms with Crippen molar-refractivity contribution in [1.29, 1.82) is 0 Å². The fourth-order valence-corrected chi connectivity index (χ4v) is 2.59. The Hall–Kier alpha value is -3.09. The molecule has 1 aromatic heterocycles. The van der Waals surface area contributed by atoms with E-state index in [0.29, 0.717) is 23.9 Å². The van der Waals surface area contributed by atoms with Crippen LogP contribution >= 0.6 is 0 Å². The summed E-state index contributed by atoms with van der Waals surface area (Å²) in [5.74, 6) is 0.589. The van der Waals surface area contributed by atoms with E-state index < -0.39 is 6.10 Å². The molecule has 0 saturated carbocycles. The lowest BCUT2D eigenvalue weighted by Gasteiger charge is -2.32. The molecule has 7 nitrogen and oxygen atoms in total. The second-order valence-corrected chi connectivity index (χ2v) is 5.64. The van der Waals surface area contributed by atoms with Gasteiger partial charge >= 0.3 is 0 Å². The molecule has 3 rings (SSSR count). The molecule has 1 N–H and O–H groups in total. The van der Waals surface area contributed by atoms with Crippen LogP contribution in [0.2, 0.25) is 0 Å². The summed E-state index contributed by atoms with van der Waals surface area (Å²) < 4.78 is 10.6. The van der Waals surface area contributed by atoms with Gasteiger partial charge < -0.3 is 14.8 Å². The van der Waals surface area contributed by atoms with Gasteiger partial charge in [-0.05, 0) is 30.7 Å². The molecule has 0 saturated heterocycles. The Morgan fingerprint density at radius 3 is 2.96 bits per heavy atom. The summed E-state index contributed by atoms with van der Waals surface area (Å²) in [6.45, 7) is 1.94. The molecule has 2 amide bonds. The van der Waals surface area contributed by atoms with Crippen molar-refractivity contribution in [3.8, 4) is 11.6 Å². The first kappa shape index (κ1) is 16.8. The van der Waals surface area contributed by atoms with Gasteiger partial charge in [0.05, 0.1) is 12.8 Å². The average Bonchev–Trinajstić information content (AvgIpc) is 2.64. The number of ether oxygens (including phenoxy) is 2. The minimum Gasteiger partial charge on any atom is -0.481 e. The molecule has 0 unspecified atom stereocenters. The van der Waals surface area contributed by atoms with Crippen LogP contribution in [-0.4, -0.2) is 36.6 Å². The summed E-state index contributed by atoms with van der Waals surface area (Å²) in [5, 5.41) is 2.81. The number of pyridine rings is 1. The summed E-state index contributed by atoms with van der Waals surface area (Å²) in [5.41, 5.74) is 1.47. The number of amides is 2. The second-order valence-electron chi connectivity index (χ2n) is 5.64. The molecule has 1 aliphatic rings. The minimum absolute atomic E-state index is 0.0637. The molecule has 0 aliphatic carbocycles. The van der Waals surface area contributed by atoms with Crippen LogP contribution in [-0.2, 0) is 16.1 Å². The predicted octanol–water partition coefficient (Wildman–Crippen LogP) is 1.52. The topological polar surface area (TPSA) is 80.8 Å². The molecule has 25 heavy (non-hydrogen) atoms. The summed E-state index contributed by atoms with van der Waals surface area (Å²) in [6, 6.07) is 10.7. The van der Waals surface area contributed by atoms with Gasteiger partial charge in [-0.15, -0.1) is 0 Å². The van der Waals surface area contributed by atoms with E-state index in [2.05, 4.69) is 10.3 Å². The number of carbonyl (C=O) groups excluding carboxylic acids is 2. The average molecular weight is 341 g/mol. The minimum atomic E-state index is -0.618. The highest BCUT2D eigenvalue weighted by atomic mass is 16.5. The molecule has 2 heterocycles. The molecule has 0 fully saturated rings. The van der Waals surface area contributed by atoms with Crippen molar-refractivity contribution >= 4 is 17.5 Å². The fourth-order valence-electron chi connectivity index (χ4n) is 2.59. The van der Waals surface area contributed by atoms with E-state index in [1.54, 1.807) is 43.5 Å². The van der Waals surface area contributed by atoms with Crippen LogP contribution in [0.5, 0.6) is 11.6 Å². The molecule has 2 aromatic rings. The Bertz CT molecular complexity index is 793. The SMILES string of the molecule is COc1cc(CNC(=O)CN2C(=O)[C@@H](C)Oc3ccccc32)ccn1. The molecular formula is C18H19N3O4. The van der Waals surface area contributed by atoms with Gasteiger partial charge in [0.15, 0.2) is 6.10 Å². The Kier molecular flexibility index (Phi) is 4.83. The number of anilines is 1. The first-order chi connectivity index (χ1) is 12.1. The Morgan fingerprint density at radius 2 is 2.16 bits per heavy atom. The summed E-state index contributed by atoms with van der Waals surface area (Å²) in [4.78, 5) is 30.2. The maximum Gasteiger partial charge on any atom is 0.268 e. The van der Waals surface area contributed by atoms with Gasteiger partial charge in [-0.2, -0.15) is 0 Å². The van der Waals surface area contributed by atoms with E-state index >= 15 is 0 Å². The third-order valence-electron chi connectivity index (χ3n) is 3.87. The zero-order valence-corrected chi connectivity index (χ0v) is 14.1. The standard InChI is InChI=1S/C18H19N3O4/c1-12-18(23)21(14-5-3-4-6-15(14)25-12)11-16(22)20-10-13-7-8-19-17(9-13)24-2/h3-9,12H,10-11H2,1-2H3,(H,20,22)/t12-/m1/s1. The van der Waals surface area contributed by atoms with Crippen molar-refractivity contribution in [2.75, 3.05) is 18.6 Å². The zero-order chi connectivity index (χ0) is 17.8. The number of fused-ring (bicyclic) bond motifs is 1. The number of nitrogens with one attached hydrogen (secondary N) is 1. The highest BCUT2D eigenvalue weighted by Gasteiger charge is 2.32. The summed E-state index contributed by atoms with van der Waals surface area (Å²) in [7, 11) is 1.54. The van der Waals surface area contributed by atoms with Crippen molar-refractivity contribution in [3.63, 3.8) is 0 Å². The number of methoxy groups -OCH3 is 1. The molecule has 1 aliphatic heterocycles. The van der Waals surface area contributed by atoms with Crippen LogP contribution in [0, 0.1) is 0 Å². The predicted molar refractivity (Wildman–Crippen MR) is 91.5 cm³/mol. The van der Waals surface area contributed by atoms with Crippen LogP contribution in [0.3, 0.4) is 0 Å². The summed E-state index contributed by atoms with van der Waals surface area (Å²) in [6.07, 6.45) is 0.996. The summed E-state index contributed by atoms with van der Waals surface area (Å²) >= 11 is 0. The Morgan fingerprint density at radius 1 is 1.36 bits per heavy atom. The molecular weight excluding hydrogens is 322 g/mol. The van der Waals surface area contributed by atoms with Crippen LogP contribution in [0.15, 0.2) is 42.6 Å². The number of para-hydroxylation sites is 2. The third-order valence-corrected chi connectivity index (χ3v) is 3.87. The van der Waals surface area contributed by atoms with Crippen molar-refractivity contribution < 1.29 is 19.1 Å². The Balaban J connectivity index is 1.67. The number of nitrogens with zero attached hydrogens (tertiary/aromatic N) is 2. The van der Waals surface area contributed by atoms with Crippen molar-refractivity contribution in [2.24, 2.45) is 0 Å². The second kappa shape index (κ2) is 7.21. The van der Waals surface area contributed by atoms with Crippen LogP contribution < -0.4 is 19.7 Å². The molecule has 130 valence electrons. The lowest BCUT2D eigenvalue weighted by Crippen LogP contribution is -2.48.